The highest BCUT2D eigenvalue weighted by Crippen LogP contribution is 2.20. The molecule has 3 aromatic rings. The van der Waals surface area contributed by atoms with E-state index in [1.807, 2.05) is 18.3 Å². The summed E-state index contributed by atoms with van der Waals surface area (Å²) >= 11 is 5.93. The fourth-order valence-corrected chi connectivity index (χ4v) is 2.76. The topological polar surface area (TPSA) is 60.0 Å². The zero-order valence-corrected chi connectivity index (χ0v) is 14.7. The number of imidazole rings is 1. The quantitative estimate of drug-likeness (QED) is 0.712. The van der Waals surface area contributed by atoms with Gasteiger partial charge in [-0.1, -0.05) is 23.7 Å². The molecule has 0 saturated heterocycles. The Morgan fingerprint density at radius 3 is 2.36 bits per heavy atom. The van der Waals surface area contributed by atoms with Crippen LogP contribution in [-0.2, 0) is 13.6 Å². The zero-order chi connectivity index (χ0) is 18.0. The van der Waals surface area contributed by atoms with Crippen LogP contribution in [0.25, 0.3) is 11.3 Å². The number of carbonyl (C=O) groups is 1. The number of aromatic nitrogens is 2. The molecule has 0 aliphatic heterocycles. The second-order valence-electron chi connectivity index (χ2n) is 5.68. The molecule has 1 aromatic heterocycles. The fourth-order valence-electron chi connectivity index (χ4n) is 2.63. The molecule has 0 fully saturated rings. The monoisotopic (exact) mass is 355 g/mol. The van der Waals surface area contributed by atoms with Crippen LogP contribution in [0, 0.1) is 5.41 Å². The average Bonchev–Trinajstić information content (AvgIpc) is 2.91. The van der Waals surface area contributed by atoms with Crippen LogP contribution in [0.3, 0.4) is 0 Å². The number of carbonyl (C=O) groups excluding carboxylic acids is 1. The largest absolute Gasteiger partial charge is 0.497 e. The molecular formula is C19H18ClN3O2. The molecule has 0 saturated carbocycles. The summed E-state index contributed by atoms with van der Waals surface area (Å²) in [5, 5.41) is 8.91. The zero-order valence-electron chi connectivity index (χ0n) is 14.0. The van der Waals surface area contributed by atoms with Crippen molar-refractivity contribution in [2.24, 2.45) is 7.05 Å². The highest BCUT2D eigenvalue weighted by molar-refractivity contribution is 6.30. The van der Waals surface area contributed by atoms with Gasteiger partial charge in [-0.2, -0.15) is 0 Å². The van der Waals surface area contributed by atoms with Crippen molar-refractivity contribution in [1.82, 2.24) is 9.13 Å². The highest BCUT2D eigenvalue weighted by atomic mass is 35.5. The van der Waals surface area contributed by atoms with E-state index in [1.165, 1.54) is 0 Å². The summed E-state index contributed by atoms with van der Waals surface area (Å²) in [4.78, 5) is 12.5. The Bertz CT molecular complexity index is 954. The standard InChI is InChI=1S/C19H18ClN3O2/c1-22-17(13-3-7-15(20)8-4-13)11-23(19(22)21)12-18(24)14-5-9-16(25-2)10-6-14/h3-11,21H,12H2,1-2H3. The van der Waals surface area contributed by atoms with Crippen molar-refractivity contribution in [3.63, 3.8) is 0 Å². The Morgan fingerprint density at radius 2 is 1.76 bits per heavy atom. The van der Waals surface area contributed by atoms with E-state index in [-0.39, 0.29) is 17.9 Å². The maximum absolute atomic E-state index is 12.5. The number of halogens is 1. The van der Waals surface area contributed by atoms with Gasteiger partial charge >= 0.3 is 0 Å². The third kappa shape index (κ3) is 3.51. The second-order valence-corrected chi connectivity index (χ2v) is 6.12. The van der Waals surface area contributed by atoms with Crippen LogP contribution >= 0.6 is 11.6 Å². The van der Waals surface area contributed by atoms with Crippen LogP contribution in [-0.4, -0.2) is 22.0 Å². The average molecular weight is 356 g/mol. The molecule has 0 aliphatic rings. The van der Waals surface area contributed by atoms with Gasteiger partial charge in [-0.05, 0) is 42.0 Å². The van der Waals surface area contributed by atoms with E-state index >= 15 is 0 Å². The van der Waals surface area contributed by atoms with E-state index in [0.29, 0.717) is 16.3 Å². The van der Waals surface area contributed by atoms with Crippen molar-refractivity contribution in [1.29, 1.82) is 5.41 Å². The minimum absolute atomic E-state index is 0.0607. The van der Waals surface area contributed by atoms with Gasteiger partial charge in [0.1, 0.15) is 5.75 Å². The molecule has 128 valence electrons. The molecule has 2 aromatic carbocycles. The maximum atomic E-state index is 12.5. The van der Waals surface area contributed by atoms with Gasteiger partial charge < -0.3 is 13.9 Å². The van der Waals surface area contributed by atoms with Crippen LogP contribution in [0.1, 0.15) is 10.4 Å². The predicted octanol–water partition coefficient (Wildman–Crippen LogP) is 3.52. The van der Waals surface area contributed by atoms with Crippen molar-refractivity contribution in [2.45, 2.75) is 6.54 Å². The number of hydrogen-bond acceptors (Lipinski definition) is 3. The summed E-state index contributed by atoms with van der Waals surface area (Å²) in [6.07, 6.45) is 1.81. The van der Waals surface area contributed by atoms with E-state index in [4.69, 9.17) is 21.7 Å². The van der Waals surface area contributed by atoms with Gasteiger partial charge in [-0.25, -0.2) is 0 Å². The molecule has 3 rings (SSSR count). The first-order valence-corrected chi connectivity index (χ1v) is 8.11. The van der Waals surface area contributed by atoms with Gasteiger partial charge in [-0.3, -0.25) is 10.2 Å². The molecule has 5 nitrogen and oxygen atoms in total. The van der Waals surface area contributed by atoms with E-state index in [9.17, 15) is 4.79 Å². The van der Waals surface area contributed by atoms with Crippen molar-refractivity contribution >= 4 is 17.4 Å². The first kappa shape index (κ1) is 17.0. The lowest BCUT2D eigenvalue weighted by Gasteiger charge is -2.04. The van der Waals surface area contributed by atoms with E-state index in [2.05, 4.69) is 0 Å². The Hall–Kier alpha value is -2.79. The Morgan fingerprint density at radius 1 is 1.12 bits per heavy atom. The van der Waals surface area contributed by atoms with Crippen molar-refractivity contribution < 1.29 is 9.53 Å². The molecule has 25 heavy (non-hydrogen) atoms. The van der Waals surface area contributed by atoms with E-state index < -0.39 is 0 Å². The van der Waals surface area contributed by atoms with Gasteiger partial charge in [0.25, 0.3) is 0 Å². The summed E-state index contributed by atoms with van der Waals surface area (Å²) in [6.45, 7) is 0.104. The predicted molar refractivity (Wildman–Crippen MR) is 97.0 cm³/mol. The van der Waals surface area contributed by atoms with Crippen LogP contribution < -0.4 is 10.4 Å². The van der Waals surface area contributed by atoms with Gasteiger partial charge in [0.15, 0.2) is 5.78 Å². The third-order valence-corrected chi connectivity index (χ3v) is 4.35. The van der Waals surface area contributed by atoms with Gasteiger partial charge in [0.2, 0.25) is 5.62 Å². The first-order valence-electron chi connectivity index (χ1n) is 7.73. The van der Waals surface area contributed by atoms with Crippen LogP contribution in [0.4, 0.5) is 0 Å². The van der Waals surface area contributed by atoms with Crippen molar-refractivity contribution in [3.8, 4) is 17.0 Å². The lowest BCUT2D eigenvalue weighted by atomic mass is 10.1. The number of ketones is 1. The van der Waals surface area contributed by atoms with Gasteiger partial charge in [0.05, 0.1) is 19.3 Å². The SMILES string of the molecule is COc1ccc(C(=O)Cn2cc(-c3ccc(Cl)cc3)n(C)c2=N)cc1. The Labute approximate surface area is 150 Å². The lowest BCUT2D eigenvalue weighted by molar-refractivity contribution is 0.0970. The fraction of sp³-hybridized carbons (Fsp3) is 0.158. The van der Waals surface area contributed by atoms with Crippen LogP contribution in [0.2, 0.25) is 5.02 Å². The highest BCUT2D eigenvalue weighted by Gasteiger charge is 2.12. The normalized spacial score (nSPS) is 10.7. The van der Waals surface area contributed by atoms with Crippen molar-refractivity contribution in [3.05, 3.63) is 70.9 Å². The maximum Gasteiger partial charge on any atom is 0.202 e. The number of nitrogens with zero attached hydrogens (tertiary/aromatic N) is 2. The van der Waals surface area contributed by atoms with E-state index in [1.54, 1.807) is 59.7 Å². The number of nitrogens with one attached hydrogen (secondary N) is 1. The van der Waals surface area contributed by atoms with Crippen LogP contribution in [0.15, 0.2) is 54.7 Å². The summed E-state index contributed by atoms with van der Waals surface area (Å²) < 4.78 is 8.48. The van der Waals surface area contributed by atoms with Crippen molar-refractivity contribution in [2.75, 3.05) is 7.11 Å². The summed E-state index contributed by atoms with van der Waals surface area (Å²) in [5.74, 6) is 0.643. The first-order chi connectivity index (χ1) is 12.0. The minimum atomic E-state index is -0.0607. The molecule has 0 bridgehead atoms. The van der Waals surface area contributed by atoms with Crippen LogP contribution in [0.5, 0.6) is 5.75 Å². The third-order valence-electron chi connectivity index (χ3n) is 4.10. The Kier molecular flexibility index (Phi) is 4.76. The molecule has 0 amide bonds. The molecule has 0 radical (unpaired) electrons. The second kappa shape index (κ2) is 6.99. The van der Waals surface area contributed by atoms with Gasteiger partial charge in [0, 0.05) is 23.8 Å². The number of Topliss-reactive ketones (excluding diaryl/α,β-unsaturated/α-hetero) is 1. The molecule has 1 heterocycles. The molecule has 6 heteroatoms. The minimum Gasteiger partial charge on any atom is -0.497 e. The summed E-state index contributed by atoms with van der Waals surface area (Å²) in [5.41, 5.74) is 2.64. The number of rotatable bonds is 5. The smallest absolute Gasteiger partial charge is 0.202 e. The molecule has 0 spiro atoms. The summed E-state index contributed by atoms with van der Waals surface area (Å²) in [7, 11) is 3.39. The molecule has 1 N–H and O–H groups in total. The lowest BCUT2D eigenvalue weighted by Crippen LogP contribution is -2.25. The molecular weight excluding hydrogens is 338 g/mol. The molecule has 0 unspecified atom stereocenters. The number of hydrogen-bond donors (Lipinski definition) is 1. The summed E-state index contributed by atoms with van der Waals surface area (Å²) in [6, 6.07) is 14.4. The number of ether oxygens (including phenoxy) is 1. The molecule has 0 aliphatic carbocycles. The number of benzene rings is 2. The number of methoxy groups -OCH3 is 1. The van der Waals surface area contributed by atoms with Gasteiger partial charge in [-0.15, -0.1) is 0 Å². The molecule has 0 atom stereocenters. The Balaban J connectivity index is 1.87. The van der Waals surface area contributed by atoms with E-state index in [0.717, 1.165) is 11.3 Å².